The summed E-state index contributed by atoms with van der Waals surface area (Å²) >= 11 is 1.66. The molecule has 0 radical (unpaired) electrons. The molecule has 0 fully saturated rings. The third-order valence-electron chi connectivity index (χ3n) is 2.21. The van der Waals surface area contributed by atoms with Gasteiger partial charge in [-0.15, -0.1) is 0 Å². The van der Waals surface area contributed by atoms with Crippen molar-refractivity contribution >= 4 is 23.6 Å². The molecule has 1 rings (SSSR count). The maximum Gasteiger partial charge on any atom is 0.354 e. The Kier molecular flexibility index (Phi) is 4.96. The van der Waals surface area contributed by atoms with Crippen LogP contribution < -0.4 is 0 Å². The van der Waals surface area contributed by atoms with Gasteiger partial charge in [0.15, 0.2) is 0 Å². The van der Waals surface area contributed by atoms with E-state index >= 15 is 0 Å². The normalized spacial score (nSPS) is 10.0. The van der Waals surface area contributed by atoms with Crippen LogP contribution in [0.15, 0.2) is 18.3 Å². The van der Waals surface area contributed by atoms with Crippen LogP contribution in [0, 0.1) is 0 Å². The van der Waals surface area contributed by atoms with Crippen molar-refractivity contribution in [2.24, 2.45) is 0 Å². The van der Waals surface area contributed by atoms with E-state index < -0.39 is 5.97 Å². The van der Waals surface area contributed by atoms with Crippen LogP contribution in [-0.4, -0.2) is 52.5 Å². The van der Waals surface area contributed by atoms with E-state index in [9.17, 15) is 9.59 Å². The lowest BCUT2D eigenvalue weighted by molar-refractivity contribution is 0.0688. The second kappa shape index (κ2) is 6.24. The predicted molar refractivity (Wildman–Crippen MR) is 66.5 cm³/mol. The van der Waals surface area contributed by atoms with Crippen LogP contribution in [0.4, 0.5) is 0 Å². The standard InChI is InChI=1S/C11H14N2O3S/c1-13(5-6-17-2)10(14)8-3-4-9(11(15)16)12-7-8/h3-4,7H,5-6H2,1-2H3,(H,15,16). The lowest BCUT2D eigenvalue weighted by Gasteiger charge is -2.16. The molecule has 0 aliphatic carbocycles. The molecule has 1 heterocycles. The molecule has 0 spiro atoms. The molecule has 17 heavy (non-hydrogen) atoms. The Morgan fingerprint density at radius 1 is 1.47 bits per heavy atom. The number of aromatic nitrogens is 1. The molecule has 6 heteroatoms. The van der Waals surface area contributed by atoms with Gasteiger partial charge < -0.3 is 10.0 Å². The van der Waals surface area contributed by atoms with Crippen molar-refractivity contribution in [3.63, 3.8) is 0 Å². The maximum atomic E-state index is 11.9. The van der Waals surface area contributed by atoms with Gasteiger partial charge in [0.2, 0.25) is 0 Å². The van der Waals surface area contributed by atoms with Gasteiger partial charge in [-0.3, -0.25) is 4.79 Å². The first kappa shape index (κ1) is 13.5. The lowest BCUT2D eigenvalue weighted by atomic mass is 10.2. The quantitative estimate of drug-likeness (QED) is 0.855. The minimum absolute atomic E-state index is 0.0617. The molecule has 0 saturated heterocycles. The first-order valence-corrected chi connectivity index (χ1v) is 6.39. The first-order chi connectivity index (χ1) is 8.06. The van der Waals surface area contributed by atoms with Gasteiger partial charge in [0.1, 0.15) is 5.69 Å². The van der Waals surface area contributed by atoms with E-state index in [4.69, 9.17) is 5.11 Å². The van der Waals surface area contributed by atoms with Crippen LogP contribution in [-0.2, 0) is 0 Å². The third kappa shape index (κ3) is 3.74. The molecule has 0 unspecified atom stereocenters. The highest BCUT2D eigenvalue weighted by Crippen LogP contribution is 2.05. The summed E-state index contributed by atoms with van der Waals surface area (Å²) in [6.45, 7) is 0.653. The molecular formula is C11H14N2O3S. The number of amides is 1. The van der Waals surface area contributed by atoms with Gasteiger partial charge in [-0.25, -0.2) is 9.78 Å². The summed E-state index contributed by atoms with van der Waals surface area (Å²) in [7, 11) is 1.71. The number of thioether (sulfide) groups is 1. The summed E-state index contributed by atoms with van der Waals surface area (Å²) in [5, 5.41) is 8.68. The summed E-state index contributed by atoms with van der Waals surface area (Å²) in [4.78, 5) is 27.8. The monoisotopic (exact) mass is 254 g/mol. The highest BCUT2D eigenvalue weighted by molar-refractivity contribution is 7.98. The number of carboxylic acid groups (broad SMARTS) is 1. The van der Waals surface area contributed by atoms with Crippen LogP contribution in [0.3, 0.4) is 0 Å². The lowest BCUT2D eigenvalue weighted by Crippen LogP contribution is -2.29. The number of nitrogens with zero attached hydrogens (tertiary/aromatic N) is 2. The van der Waals surface area contributed by atoms with Crippen LogP contribution >= 0.6 is 11.8 Å². The van der Waals surface area contributed by atoms with Crippen molar-refractivity contribution in [3.8, 4) is 0 Å². The van der Waals surface area contributed by atoms with Crippen molar-refractivity contribution < 1.29 is 14.7 Å². The van der Waals surface area contributed by atoms with E-state index in [0.29, 0.717) is 12.1 Å². The van der Waals surface area contributed by atoms with E-state index in [1.54, 1.807) is 23.7 Å². The number of carboxylic acids is 1. The molecular weight excluding hydrogens is 240 g/mol. The van der Waals surface area contributed by atoms with Gasteiger partial charge >= 0.3 is 5.97 Å². The van der Waals surface area contributed by atoms with Crippen LogP contribution in [0.25, 0.3) is 0 Å². The minimum atomic E-state index is -1.10. The van der Waals surface area contributed by atoms with Crippen molar-refractivity contribution in [2.45, 2.75) is 0 Å². The van der Waals surface area contributed by atoms with Crippen molar-refractivity contribution in [1.29, 1.82) is 0 Å². The van der Waals surface area contributed by atoms with E-state index in [1.807, 2.05) is 6.26 Å². The highest BCUT2D eigenvalue weighted by Gasteiger charge is 2.12. The van der Waals surface area contributed by atoms with Gasteiger partial charge in [-0.1, -0.05) is 0 Å². The average molecular weight is 254 g/mol. The molecule has 1 aromatic heterocycles. The fourth-order valence-corrected chi connectivity index (χ4v) is 1.65. The first-order valence-electron chi connectivity index (χ1n) is 5.00. The van der Waals surface area contributed by atoms with Crippen molar-refractivity contribution in [3.05, 3.63) is 29.6 Å². The van der Waals surface area contributed by atoms with Crippen molar-refractivity contribution in [2.75, 3.05) is 25.6 Å². The van der Waals surface area contributed by atoms with E-state index in [-0.39, 0.29) is 11.6 Å². The summed E-state index contributed by atoms with van der Waals surface area (Å²) in [6.07, 6.45) is 3.27. The largest absolute Gasteiger partial charge is 0.477 e. The van der Waals surface area contributed by atoms with E-state index in [1.165, 1.54) is 18.3 Å². The minimum Gasteiger partial charge on any atom is -0.477 e. The Morgan fingerprint density at radius 2 is 2.18 bits per heavy atom. The Bertz CT molecular complexity index is 406. The average Bonchev–Trinajstić information content (AvgIpc) is 2.35. The van der Waals surface area contributed by atoms with Gasteiger partial charge in [-0.2, -0.15) is 11.8 Å². The number of pyridine rings is 1. The molecule has 1 amide bonds. The zero-order chi connectivity index (χ0) is 12.8. The van der Waals surface area contributed by atoms with E-state index in [0.717, 1.165) is 5.75 Å². The number of aromatic carboxylic acids is 1. The molecule has 0 aliphatic heterocycles. The second-order valence-electron chi connectivity index (χ2n) is 3.46. The molecule has 0 saturated carbocycles. The summed E-state index contributed by atoms with van der Waals surface area (Å²) in [5.41, 5.74) is 0.340. The van der Waals surface area contributed by atoms with Gasteiger partial charge in [0, 0.05) is 25.5 Å². The number of hydrogen-bond donors (Lipinski definition) is 1. The zero-order valence-electron chi connectivity index (χ0n) is 9.71. The highest BCUT2D eigenvalue weighted by atomic mass is 32.2. The SMILES string of the molecule is CSCCN(C)C(=O)c1ccc(C(=O)O)nc1. The fraction of sp³-hybridized carbons (Fsp3) is 0.364. The van der Waals surface area contributed by atoms with Crippen molar-refractivity contribution in [1.82, 2.24) is 9.88 Å². The molecule has 0 bridgehead atoms. The molecule has 1 N–H and O–H groups in total. The van der Waals surface area contributed by atoms with Crippen LogP contribution in [0.2, 0.25) is 0 Å². The van der Waals surface area contributed by atoms with Gasteiger partial charge in [0.25, 0.3) is 5.91 Å². The van der Waals surface area contributed by atoms with E-state index in [2.05, 4.69) is 4.98 Å². The molecule has 0 atom stereocenters. The molecule has 1 aromatic rings. The molecule has 92 valence electrons. The Morgan fingerprint density at radius 3 is 2.65 bits per heavy atom. The van der Waals surface area contributed by atoms with Crippen LogP contribution in [0.1, 0.15) is 20.8 Å². The number of carbonyl (C=O) groups excluding carboxylic acids is 1. The second-order valence-corrected chi connectivity index (χ2v) is 4.44. The van der Waals surface area contributed by atoms with Crippen LogP contribution in [0.5, 0.6) is 0 Å². The number of carbonyl (C=O) groups is 2. The number of rotatable bonds is 5. The Labute approximate surface area is 104 Å². The fourth-order valence-electron chi connectivity index (χ4n) is 1.20. The Balaban J connectivity index is 2.72. The molecule has 5 nitrogen and oxygen atoms in total. The maximum absolute atomic E-state index is 11.9. The summed E-state index contributed by atoms with van der Waals surface area (Å²) < 4.78 is 0. The zero-order valence-corrected chi connectivity index (χ0v) is 10.5. The molecule has 0 aliphatic rings. The Hall–Kier alpha value is -1.56. The molecule has 0 aromatic carbocycles. The topological polar surface area (TPSA) is 70.5 Å². The smallest absolute Gasteiger partial charge is 0.354 e. The third-order valence-corrected chi connectivity index (χ3v) is 2.80. The number of hydrogen-bond acceptors (Lipinski definition) is 4. The van der Waals surface area contributed by atoms with Gasteiger partial charge in [-0.05, 0) is 18.4 Å². The summed E-state index contributed by atoms with van der Waals surface area (Å²) in [5.74, 6) is -0.383. The predicted octanol–water partition coefficient (Wildman–Crippen LogP) is 1.21. The van der Waals surface area contributed by atoms with Gasteiger partial charge in [0.05, 0.1) is 5.56 Å². The summed E-state index contributed by atoms with van der Waals surface area (Å²) in [6, 6.07) is 2.81.